The van der Waals surface area contributed by atoms with Crippen LogP contribution in [0.1, 0.15) is 24.0 Å². The molecule has 0 heterocycles. The van der Waals surface area contributed by atoms with Crippen molar-refractivity contribution in [3.8, 4) is 0 Å². The smallest absolute Gasteiger partial charge is 0.142 e. The molecule has 1 aromatic carbocycles. The van der Waals surface area contributed by atoms with Crippen molar-refractivity contribution < 1.29 is 4.39 Å². The van der Waals surface area contributed by atoms with Crippen LogP contribution in [0.2, 0.25) is 5.02 Å². The van der Waals surface area contributed by atoms with Gasteiger partial charge in [-0.25, -0.2) is 4.39 Å². The second-order valence-corrected chi connectivity index (χ2v) is 3.65. The Labute approximate surface area is 76.4 Å². The third kappa shape index (κ3) is 1.34. The summed E-state index contributed by atoms with van der Waals surface area (Å²) in [7, 11) is 0. The van der Waals surface area contributed by atoms with E-state index < -0.39 is 0 Å². The first-order chi connectivity index (χ1) is 5.77. The van der Waals surface area contributed by atoms with Gasteiger partial charge in [0, 0.05) is 0 Å². The number of halogens is 2. The van der Waals surface area contributed by atoms with Crippen LogP contribution in [0.4, 0.5) is 4.39 Å². The summed E-state index contributed by atoms with van der Waals surface area (Å²) in [5.41, 5.74) is 2.37. The Hall–Kier alpha value is -0.560. The average molecular weight is 185 g/mol. The van der Waals surface area contributed by atoms with E-state index in [1.165, 1.54) is 18.4 Å². The molecule has 1 aliphatic carbocycles. The zero-order valence-electron chi connectivity index (χ0n) is 6.74. The zero-order valence-corrected chi connectivity index (χ0v) is 7.49. The average Bonchev–Trinajstić information content (AvgIpc) is 2.07. The first-order valence-electron chi connectivity index (χ1n) is 4.24. The van der Waals surface area contributed by atoms with Gasteiger partial charge in [-0.3, -0.25) is 0 Å². The van der Waals surface area contributed by atoms with Crippen LogP contribution in [0.15, 0.2) is 12.1 Å². The van der Waals surface area contributed by atoms with Crippen molar-refractivity contribution >= 4 is 11.6 Å². The third-order valence-electron chi connectivity index (χ3n) is 2.38. The van der Waals surface area contributed by atoms with Crippen LogP contribution in [0, 0.1) is 5.82 Å². The summed E-state index contributed by atoms with van der Waals surface area (Å²) in [5, 5.41) is 0.260. The number of aryl methyl sites for hydroxylation is 2. The van der Waals surface area contributed by atoms with E-state index in [2.05, 4.69) is 0 Å². The maximum Gasteiger partial charge on any atom is 0.142 e. The molecular weight excluding hydrogens is 175 g/mol. The van der Waals surface area contributed by atoms with E-state index >= 15 is 0 Å². The molecule has 12 heavy (non-hydrogen) atoms. The van der Waals surface area contributed by atoms with Crippen molar-refractivity contribution in [3.05, 3.63) is 34.1 Å². The maximum atomic E-state index is 13.0. The van der Waals surface area contributed by atoms with Gasteiger partial charge in [0.25, 0.3) is 0 Å². The summed E-state index contributed by atoms with van der Waals surface area (Å²) < 4.78 is 13.0. The molecule has 0 radical (unpaired) electrons. The highest BCUT2D eigenvalue weighted by molar-refractivity contribution is 6.30. The summed E-state index contributed by atoms with van der Waals surface area (Å²) in [6.07, 6.45) is 4.43. The van der Waals surface area contributed by atoms with E-state index in [-0.39, 0.29) is 10.8 Å². The van der Waals surface area contributed by atoms with Crippen LogP contribution >= 0.6 is 11.6 Å². The highest BCUT2D eigenvalue weighted by Gasteiger charge is 2.11. The normalized spacial score (nSPS) is 15.8. The Balaban J connectivity index is 2.49. The molecule has 0 spiro atoms. The molecule has 0 unspecified atom stereocenters. The summed E-state index contributed by atoms with van der Waals surface area (Å²) in [6.45, 7) is 0. The number of rotatable bonds is 0. The molecule has 1 aromatic rings. The largest absolute Gasteiger partial charge is 0.205 e. The molecule has 0 atom stereocenters. The lowest BCUT2D eigenvalue weighted by Gasteiger charge is -2.15. The van der Waals surface area contributed by atoms with Gasteiger partial charge in [-0.2, -0.15) is 0 Å². The van der Waals surface area contributed by atoms with Crippen molar-refractivity contribution in [3.63, 3.8) is 0 Å². The van der Waals surface area contributed by atoms with E-state index in [0.29, 0.717) is 0 Å². The van der Waals surface area contributed by atoms with Crippen LogP contribution in [-0.4, -0.2) is 0 Å². The molecule has 2 heteroatoms. The Morgan fingerprint density at radius 2 is 1.67 bits per heavy atom. The summed E-state index contributed by atoms with van der Waals surface area (Å²) in [6, 6.07) is 3.35. The lowest BCUT2D eigenvalue weighted by Crippen LogP contribution is -2.02. The van der Waals surface area contributed by atoms with E-state index in [0.717, 1.165) is 18.4 Å². The fourth-order valence-electron chi connectivity index (χ4n) is 1.73. The predicted molar refractivity (Wildman–Crippen MR) is 48.1 cm³/mol. The molecule has 2 rings (SSSR count). The molecule has 0 bridgehead atoms. The summed E-state index contributed by atoms with van der Waals surface area (Å²) in [4.78, 5) is 0. The van der Waals surface area contributed by atoms with Gasteiger partial charge in [0.05, 0.1) is 5.02 Å². The van der Waals surface area contributed by atoms with Crippen molar-refractivity contribution in [2.45, 2.75) is 25.7 Å². The lowest BCUT2D eigenvalue weighted by molar-refractivity contribution is 0.614. The van der Waals surface area contributed by atoms with Gasteiger partial charge in [0.2, 0.25) is 0 Å². The highest BCUT2D eigenvalue weighted by Crippen LogP contribution is 2.26. The Morgan fingerprint density at radius 1 is 1.08 bits per heavy atom. The van der Waals surface area contributed by atoms with Crippen LogP contribution in [0.25, 0.3) is 0 Å². The maximum absolute atomic E-state index is 13.0. The third-order valence-corrected chi connectivity index (χ3v) is 2.67. The van der Waals surface area contributed by atoms with Crippen molar-refractivity contribution in [2.75, 3.05) is 0 Å². The van der Waals surface area contributed by atoms with Crippen molar-refractivity contribution in [2.24, 2.45) is 0 Å². The number of benzene rings is 1. The van der Waals surface area contributed by atoms with Gasteiger partial charge in [-0.15, -0.1) is 0 Å². The second-order valence-electron chi connectivity index (χ2n) is 3.24. The van der Waals surface area contributed by atoms with Crippen molar-refractivity contribution in [1.82, 2.24) is 0 Å². The minimum Gasteiger partial charge on any atom is -0.205 e. The highest BCUT2D eigenvalue weighted by atomic mass is 35.5. The zero-order chi connectivity index (χ0) is 8.55. The predicted octanol–water partition coefficient (Wildman–Crippen LogP) is 3.36. The topological polar surface area (TPSA) is 0 Å². The first-order valence-corrected chi connectivity index (χ1v) is 4.62. The quantitative estimate of drug-likeness (QED) is 0.580. The summed E-state index contributed by atoms with van der Waals surface area (Å²) >= 11 is 5.67. The van der Waals surface area contributed by atoms with Gasteiger partial charge >= 0.3 is 0 Å². The van der Waals surface area contributed by atoms with Gasteiger partial charge in [-0.1, -0.05) is 11.6 Å². The Morgan fingerprint density at radius 3 is 2.33 bits per heavy atom. The molecule has 0 aromatic heterocycles. The molecule has 0 saturated heterocycles. The first kappa shape index (κ1) is 8.06. The summed E-state index contributed by atoms with van der Waals surface area (Å²) in [5.74, 6) is -0.280. The van der Waals surface area contributed by atoms with Gasteiger partial charge in [0.15, 0.2) is 0 Å². The molecule has 64 valence electrons. The minimum atomic E-state index is -0.280. The van der Waals surface area contributed by atoms with Crippen LogP contribution in [-0.2, 0) is 12.8 Å². The SMILES string of the molecule is Fc1cc2c(cc1Cl)CCCC2. The second kappa shape index (κ2) is 3.06. The molecular formula is C10H10ClF. The number of hydrogen-bond acceptors (Lipinski definition) is 0. The molecule has 1 aliphatic rings. The lowest BCUT2D eigenvalue weighted by atomic mass is 9.92. The molecule has 0 N–H and O–H groups in total. The van der Waals surface area contributed by atoms with Crippen LogP contribution in [0.5, 0.6) is 0 Å². The molecule has 0 saturated carbocycles. The van der Waals surface area contributed by atoms with Gasteiger partial charge < -0.3 is 0 Å². The van der Waals surface area contributed by atoms with Crippen molar-refractivity contribution in [1.29, 1.82) is 0 Å². The van der Waals surface area contributed by atoms with E-state index in [1.54, 1.807) is 12.1 Å². The van der Waals surface area contributed by atoms with E-state index in [1.807, 2.05) is 0 Å². The van der Waals surface area contributed by atoms with E-state index in [4.69, 9.17) is 11.6 Å². The van der Waals surface area contributed by atoms with E-state index in [9.17, 15) is 4.39 Å². The molecule has 0 aliphatic heterocycles. The molecule has 0 nitrogen and oxygen atoms in total. The number of hydrogen-bond donors (Lipinski definition) is 0. The minimum absolute atomic E-state index is 0.260. The monoisotopic (exact) mass is 184 g/mol. The van der Waals surface area contributed by atoms with Crippen LogP contribution in [0.3, 0.4) is 0 Å². The van der Waals surface area contributed by atoms with Gasteiger partial charge in [-0.05, 0) is 48.9 Å². The van der Waals surface area contributed by atoms with Crippen LogP contribution < -0.4 is 0 Å². The fraction of sp³-hybridized carbons (Fsp3) is 0.400. The molecule has 0 amide bonds. The Kier molecular flexibility index (Phi) is 2.05. The Bertz CT molecular complexity index is 276. The molecule has 0 fully saturated rings. The standard InChI is InChI=1S/C10H10ClF/c11-9-5-7-3-1-2-4-8(7)6-10(9)12/h5-6H,1-4H2. The fourth-order valence-corrected chi connectivity index (χ4v) is 1.91. The number of fused-ring (bicyclic) bond motifs is 1. The van der Waals surface area contributed by atoms with Gasteiger partial charge in [0.1, 0.15) is 5.82 Å².